The Labute approximate surface area is 351 Å². The number of hydrogen-bond donors (Lipinski definition) is 0. The van der Waals surface area contributed by atoms with Gasteiger partial charge in [0.25, 0.3) is 0 Å². The van der Waals surface area contributed by atoms with Gasteiger partial charge >= 0.3 is 0 Å². The van der Waals surface area contributed by atoms with Crippen molar-refractivity contribution in [2.75, 3.05) is 4.90 Å². The van der Waals surface area contributed by atoms with Crippen LogP contribution in [0.25, 0.3) is 71.6 Å². The van der Waals surface area contributed by atoms with Gasteiger partial charge in [-0.1, -0.05) is 165 Å². The third kappa shape index (κ3) is 5.25. The lowest BCUT2D eigenvalue weighted by Crippen LogP contribution is -2.16. The number of hydrogen-bond acceptors (Lipinski definition) is 1. The molecule has 270 valence electrons. The lowest BCUT2D eigenvalue weighted by molar-refractivity contribution is 0.660. The molecule has 0 fully saturated rings. The Bertz CT molecular complexity index is 3870. The van der Waals surface area contributed by atoms with E-state index < -0.39 is 101 Å². The molecular formula is C55H40N2. The maximum Gasteiger partial charge on any atom is 0.0645 e. The molecule has 0 atom stereocenters. The molecule has 0 saturated carbocycles. The van der Waals surface area contributed by atoms with Gasteiger partial charge < -0.3 is 9.47 Å². The average Bonchev–Trinajstić information content (AvgIpc) is 3.81. The molecule has 0 bridgehead atoms. The van der Waals surface area contributed by atoms with Crippen LogP contribution in [0.4, 0.5) is 17.1 Å². The molecule has 1 aliphatic carbocycles. The molecule has 0 radical (unpaired) electrons. The molecule has 0 spiro atoms. The third-order valence-electron chi connectivity index (χ3n) is 11.3. The van der Waals surface area contributed by atoms with E-state index in [9.17, 15) is 8.22 Å². The summed E-state index contributed by atoms with van der Waals surface area (Å²) in [5, 5.41) is 3.84. The Balaban J connectivity index is 1.20. The number of nitrogens with zero attached hydrogens (tertiary/aromatic N) is 2. The Kier molecular flexibility index (Phi) is 5.10. The van der Waals surface area contributed by atoms with E-state index in [1.807, 2.05) is 98.8 Å². The molecule has 0 saturated heterocycles. The van der Waals surface area contributed by atoms with Crippen molar-refractivity contribution < 1.29 is 17.8 Å². The quantitative estimate of drug-likeness (QED) is 0.165. The largest absolute Gasteiger partial charge is 0.310 e. The summed E-state index contributed by atoms with van der Waals surface area (Å²) < 4.78 is 122. The number of para-hydroxylation sites is 2. The van der Waals surface area contributed by atoms with Gasteiger partial charge in [0.05, 0.1) is 40.2 Å². The normalized spacial score (nSPS) is 16.1. The van der Waals surface area contributed by atoms with Crippen molar-refractivity contribution in [2.45, 2.75) is 19.3 Å². The second-order valence-electron chi connectivity index (χ2n) is 14.8. The number of anilines is 3. The van der Waals surface area contributed by atoms with E-state index in [-0.39, 0.29) is 16.9 Å². The molecule has 0 N–H and O–H groups in total. The third-order valence-corrected chi connectivity index (χ3v) is 11.3. The van der Waals surface area contributed by atoms with E-state index in [0.717, 1.165) is 60.5 Å². The van der Waals surface area contributed by atoms with Gasteiger partial charge in [0.2, 0.25) is 0 Å². The zero-order valence-corrected chi connectivity index (χ0v) is 31.0. The van der Waals surface area contributed by atoms with Crippen molar-refractivity contribution >= 4 is 49.6 Å². The van der Waals surface area contributed by atoms with Crippen LogP contribution in [0, 0.1) is 0 Å². The van der Waals surface area contributed by atoms with Gasteiger partial charge in [0.15, 0.2) is 0 Å². The van der Waals surface area contributed by atoms with Crippen LogP contribution in [0.1, 0.15) is 42.8 Å². The van der Waals surface area contributed by atoms with Gasteiger partial charge in [0, 0.05) is 38.5 Å². The van der Waals surface area contributed by atoms with E-state index >= 15 is 0 Å². The van der Waals surface area contributed by atoms with E-state index in [4.69, 9.17) is 9.60 Å². The molecule has 1 aromatic heterocycles. The molecule has 2 nitrogen and oxygen atoms in total. The van der Waals surface area contributed by atoms with Crippen LogP contribution in [-0.4, -0.2) is 4.57 Å². The van der Waals surface area contributed by atoms with Crippen molar-refractivity contribution in [3.05, 3.63) is 217 Å². The summed E-state index contributed by atoms with van der Waals surface area (Å²) in [6.07, 6.45) is 0. The standard InChI is InChI=1S/C55H40N2/c1-55(2)49-23-11-8-21-45(49)46-33-32-42(36-50(46)55)56(51-24-12-9-20-43(51)38-15-4-3-5-16-38)41-30-27-37(28-31-41)40-29-34-54-48(35-40)47-22-10-13-25-53(47)57(54)52-26-14-18-39-17-6-7-19-44(39)52/h3-36H,1-2H3/i3D,4D,5D,9D,12D,15D,16D,20D,24D,27D,28D,30D,31D. The molecule has 57 heavy (non-hydrogen) atoms. The predicted octanol–water partition coefficient (Wildman–Crippen LogP) is 15.0. The number of rotatable bonds is 6. The number of benzene rings is 9. The minimum absolute atomic E-state index is 0.00562. The highest BCUT2D eigenvalue weighted by atomic mass is 15.1. The van der Waals surface area contributed by atoms with E-state index in [1.54, 1.807) is 18.2 Å². The fourth-order valence-corrected chi connectivity index (χ4v) is 8.58. The van der Waals surface area contributed by atoms with Crippen molar-refractivity contribution in [3.8, 4) is 39.1 Å². The summed E-state index contributed by atoms with van der Waals surface area (Å²) in [6, 6.07) is 32.5. The average molecular weight is 742 g/mol. The molecule has 10 aromatic rings. The molecule has 0 aliphatic heterocycles. The van der Waals surface area contributed by atoms with Crippen LogP contribution in [-0.2, 0) is 5.41 Å². The van der Waals surface area contributed by atoms with E-state index in [2.05, 4.69) is 28.8 Å². The maximum atomic E-state index is 9.86. The van der Waals surface area contributed by atoms with E-state index in [0.29, 0.717) is 5.56 Å². The molecule has 0 unspecified atom stereocenters. The molecule has 9 aromatic carbocycles. The first-order chi connectivity index (χ1) is 33.4. The Morgan fingerprint density at radius 2 is 1.16 bits per heavy atom. The fraction of sp³-hybridized carbons (Fsp3) is 0.0545. The second-order valence-corrected chi connectivity index (χ2v) is 14.8. The molecular weight excluding hydrogens is 689 g/mol. The zero-order valence-electron chi connectivity index (χ0n) is 44.0. The number of fused-ring (bicyclic) bond motifs is 7. The van der Waals surface area contributed by atoms with Gasteiger partial charge in [0.1, 0.15) is 0 Å². The maximum absolute atomic E-state index is 9.86. The highest BCUT2D eigenvalue weighted by Crippen LogP contribution is 2.51. The van der Waals surface area contributed by atoms with Crippen LogP contribution in [0.5, 0.6) is 0 Å². The highest BCUT2D eigenvalue weighted by molar-refractivity contribution is 6.11. The van der Waals surface area contributed by atoms with Gasteiger partial charge in [-0.25, -0.2) is 0 Å². The first kappa shape index (κ1) is 22.4. The minimum atomic E-state index is -0.742. The van der Waals surface area contributed by atoms with Gasteiger partial charge in [-0.3, -0.25) is 0 Å². The highest BCUT2D eigenvalue weighted by Gasteiger charge is 2.36. The Hall–Kier alpha value is -7.16. The van der Waals surface area contributed by atoms with Crippen LogP contribution in [0.3, 0.4) is 0 Å². The monoisotopic (exact) mass is 741 g/mol. The number of aromatic nitrogens is 1. The predicted molar refractivity (Wildman–Crippen MR) is 241 cm³/mol. The molecule has 2 heteroatoms. The smallest absolute Gasteiger partial charge is 0.0645 e. The van der Waals surface area contributed by atoms with Crippen LogP contribution < -0.4 is 4.90 Å². The van der Waals surface area contributed by atoms with E-state index in [1.165, 1.54) is 4.90 Å². The zero-order chi connectivity index (χ0) is 49.4. The summed E-state index contributed by atoms with van der Waals surface area (Å²) in [5.74, 6) is 0. The lowest BCUT2D eigenvalue weighted by atomic mass is 9.82. The molecule has 11 rings (SSSR count). The summed E-state index contributed by atoms with van der Waals surface area (Å²) in [7, 11) is 0. The van der Waals surface area contributed by atoms with Crippen molar-refractivity contribution in [1.82, 2.24) is 4.57 Å². The molecule has 1 heterocycles. The molecule has 1 aliphatic rings. The summed E-state index contributed by atoms with van der Waals surface area (Å²) in [5.41, 5.74) is 4.65. The van der Waals surface area contributed by atoms with Crippen LogP contribution in [0.2, 0.25) is 0 Å². The van der Waals surface area contributed by atoms with Gasteiger partial charge in [-0.15, -0.1) is 0 Å². The Morgan fingerprint density at radius 3 is 2.04 bits per heavy atom. The first-order valence-corrected chi connectivity index (χ1v) is 18.8. The first-order valence-electron chi connectivity index (χ1n) is 25.3. The van der Waals surface area contributed by atoms with Gasteiger partial charge in [-0.2, -0.15) is 0 Å². The van der Waals surface area contributed by atoms with Crippen molar-refractivity contribution in [2.24, 2.45) is 0 Å². The van der Waals surface area contributed by atoms with Crippen LogP contribution in [0.15, 0.2) is 206 Å². The van der Waals surface area contributed by atoms with Gasteiger partial charge in [-0.05, 0) is 98.9 Å². The topological polar surface area (TPSA) is 8.17 Å². The van der Waals surface area contributed by atoms with Crippen LogP contribution >= 0.6 is 0 Å². The second kappa shape index (κ2) is 13.0. The van der Waals surface area contributed by atoms with Crippen molar-refractivity contribution in [1.29, 1.82) is 0 Å². The SMILES string of the molecule is [2H]c1c([2H])c([2H])c(-c2c([2H])c([2H])c([2H])c([2H])c2N(c2ccc3c(c2)C(C)(C)c2ccccc2-3)c2c([2H])c([2H])c(-c3ccc4c(c3)c3ccccc3n4-c3cccc4ccccc34)c([2H])c2[2H])c([2H])c1[2H]. The fourth-order valence-electron chi connectivity index (χ4n) is 8.58. The summed E-state index contributed by atoms with van der Waals surface area (Å²) in [6.45, 7) is 4.08. The summed E-state index contributed by atoms with van der Waals surface area (Å²) >= 11 is 0. The Morgan fingerprint density at radius 1 is 0.456 bits per heavy atom. The lowest BCUT2D eigenvalue weighted by Gasteiger charge is -2.30. The minimum Gasteiger partial charge on any atom is -0.310 e. The molecule has 0 amide bonds. The van der Waals surface area contributed by atoms with Crippen molar-refractivity contribution in [3.63, 3.8) is 0 Å². The summed E-state index contributed by atoms with van der Waals surface area (Å²) in [4.78, 5) is 1.23.